The molecule has 0 aliphatic heterocycles. The molecule has 0 radical (unpaired) electrons. The van der Waals surface area contributed by atoms with Crippen LogP contribution in [-0.2, 0) is 11.3 Å². The van der Waals surface area contributed by atoms with E-state index in [4.69, 9.17) is 5.73 Å². The van der Waals surface area contributed by atoms with Gasteiger partial charge in [-0.25, -0.2) is 9.48 Å². The fourth-order valence-corrected chi connectivity index (χ4v) is 2.07. The molecule has 3 aromatic rings. The number of primary amides is 1. The summed E-state index contributed by atoms with van der Waals surface area (Å²) in [6.45, 7) is -0.0435. The highest BCUT2D eigenvalue weighted by Gasteiger charge is 2.06. The SMILES string of the molecule is NC(=O)Cn1ccc(NC(=O)Nc2ccc(-n3cccn3)cc2)n1. The third-order valence-electron chi connectivity index (χ3n) is 3.09. The van der Waals surface area contributed by atoms with Gasteiger partial charge in [0, 0.05) is 30.3 Å². The molecule has 0 bridgehead atoms. The molecule has 0 spiro atoms. The van der Waals surface area contributed by atoms with E-state index in [1.54, 1.807) is 35.3 Å². The first-order chi connectivity index (χ1) is 11.6. The quantitative estimate of drug-likeness (QED) is 0.652. The second-order valence-electron chi connectivity index (χ2n) is 4.94. The van der Waals surface area contributed by atoms with Crippen molar-refractivity contribution in [1.29, 1.82) is 0 Å². The molecular weight excluding hydrogens is 310 g/mol. The van der Waals surface area contributed by atoms with Crippen LogP contribution in [0.3, 0.4) is 0 Å². The summed E-state index contributed by atoms with van der Waals surface area (Å²) in [4.78, 5) is 22.8. The van der Waals surface area contributed by atoms with Crippen molar-refractivity contribution in [3.8, 4) is 5.69 Å². The minimum absolute atomic E-state index is 0.0435. The van der Waals surface area contributed by atoms with E-state index in [1.165, 1.54) is 4.68 Å². The average molecular weight is 325 g/mol. The molecule has 2 aromatic heterocycles. The highest BCUT2D eigenvalue weighted by atomic mass is 16.2. The molecule has 0 saturated heterocycles. The van der Waals surface area contributed by atoms with E-state index >= 15 is 0 Å². The van der Waals surface area contributed by atoms with Gasteiger partial charge < -0.3 is 11.1 Å². The number of benzene rings is 1. The summed E-state index contributed by atoms with van der Waals surface area (Å²) in [6, 6.07) is 10.2. The van der Waals surface area contributed by atoms with Crippen molar-refractivity contribution in [3.63, 3.8) is 0 Å². The zero-order chi connectivity index (χ0) is 16.9. The topological polar surface area (TPSA) is 120 Å². The van der Waals surface area contributed by atoms with Crippen LogP contribution in [0.4, 0.5) is 16.3 Å². The first-order valence-electron chi connectivity index (χ1n) is 7.10. The lowest BCUT2D eigenvalue weighted by molar-refractivity contribution is -0.118. The van der Waals surface area contributed by atoms with Gasteiger partial charge in [-0.1, -0.05) is 0 Å². The highest BCUT2D eigenvalue weighted by molar-refractivity contribution is 5.99. The zero-order valence-corrected chi connectivity index (χ0v) is 12.6. The first kappa shape index (κ1) is 15.3. The minimum Gasteiger partial charge on any atom is -0.368 e. The Balaban J connectivity index is 1.58. The van der Waals surface area contributed by atoms with Crippen LogP contribution in [0.2, 0.25) is 0 Å². The molecule has 9 nitrogen and oxygen atoms in total. The Morgan fingerprint density at radius 2 is 1.88 bits per heavy atom. The van der Waals surface area contributed by atoms with Crippen LogP contribution in [0.25, 0.3) is 5.69 Å². The van der Waals surface area contributed by atoms with Gasteiger partial charge in [-0.15, -0.1) is 0 Å². The monoisotopic (exact) mass is 325 g/mol. The molecule has 3 amide bonds. The molecule has 2 heterocycles. The lowest BCUT2D eigenvalue weighted by Crippen LogP contribution is -2.21. The minimum atomic E-state index is -0.508. The van der Waals surface area contributed by atoms with Crippen LogP contribution in [-0.4, -0.2) is 31.5 Å². The summed E-state index contributed by atoms with van der Waals surface area (Å²) in [5.74, 6) is -0.187. The predicted molar refractivity (Wildman–Crippen MR) is 87.6 cm³/mol. The van der Waals surface area contributed by atoms with Gasteiger partial charge in [0.15, 0.2) is 5.82 Å². The molecule has 0 unspecified atom stereocenters. The Bertz CT molecular complexity index is 837. The zero-order valence-electron chi connectivity index (χ0n) is 12.6. The predicted octanol–water partition coefficient (Wildman–Crippen LogP) is 1.20. The summed E-state index contributed by atoms with van der Waals surface area (Å²) < 4.78 is 3.06. The van der Waals surface area contributed by atoms with Crippen molar-refractivity contribution in [2.45, 2.75) is 6.54 Å². The summed E-state index contributed by atoms with van der Waals surface area (Å²) in [5, 5.41) is 13.4. The molecular formula is C15H15N7O2. The summed E-state index contributed by atoms with van der Waals surface area (Å²) in [5.41, 5.74) is 6.59. The van der Waals surface area contributed by atoms with Crippen molar-refractivity contribution >= 4 is 23.4 Å². The van der Waals surface area contributed by atoms with Crippen LogP contribution in [0, 0.1) is 0 Å². The van der Waals surface area contributed by atoms with Crippen LogP contribution >= 0.6 is 0 Å². The van der Waals surface area contributed by atoms with Crippen LogP contribution in [0.15, 0.2) is 55.0 Å². The van der Waals surface area contributed by atoms with E-state index in [1.807, 2.05) is 24.4 Å². The van der Waals surface area contributed by atoms with E-state index in [0.717, 1.165) is 5.69 Å². The number of nitrogens with one attached hydrogen (secondary N) is 2. The van der Waals surface area contributed by atoms with E-state index in [9.17, 15) is 9.59 Å². The van der Waals surface area contributed by atoms with Gasteiger partial charge in [0.2, 0.25) is 5.91 Å². The number of hydrogen-bond acceptors (Lipinski definition) is 4. The van der Waals surface area contributed by atoms with Gasteiger partial charge >= 0.3 is 6.03 Å². The van der Waals surface area contributed by atoms with Crippen molar-refractivity contribution in [2.75, 3.05) is 10.6 Å². The van der Waals surface area contributed by atoms with Crippen molar-refractivity contribution < 1.29 is 9.59 Å². The van der Waals surface area contributed by atoms with Gasteiger partial charge in [0.25, 0.3) is 0 Å². The number of carbonyl (C=O) groups is 2. The Hall–Kier alpha value is -3.62. The first-order valence-corrected chi connectivity index (χ1v) is 7.10. The van der Waals surface area contributed by atoms with Crippen molar-refractivity contribution in [1.82, 2.24) is 19.6 Å². The molecule has 0 fully saturated rings. The highest BCUT2D eigenvalue weighted by Crippen LogP contribution is 2.13. The third kappa shape index (κ3) is 3.77. The number of urea groups is 1. The number of rotatable bonds is 5. The van der Waals surface area contributed by atoms with Gasteiger partial charge in [-0.2, -0.15) is 10.2 Å². The summed E-state index contributed by atoms with van der Waals surface area (Å²) >= 11 is 0. The van der Waals surface area contributed by atoms with Crippen molar-refractivity contribution in [2.24, 2.45) is 5.73 Å². The van der Waals surface area contributed by atoms with Crippen LogP contribution in [0.5, 0.6) is 0 Å². The largest absolute Gasteiger partial charge is 0.368 e. The normalized spacial score (nSPS) is 10.3. The fourth-order valence-electron chi connectivity index (χ4n) is 2.07. The average Bonchev–Trinajstić information content (AvgIpc) is 3.19. The molecule has 122 valence electrons. The maximum absolute atomic E-state index is 11.9. The Kier molecular flexibility index (Phi) is 4.23. The van der Waals surface area contributed by atoms with E-state index in [0.29, 0.717) is 11.5 Å². The lowest BCUT2D eigenvalue weighted by atomic mass is 10.3. The standard InChI is InChI=1S/C15H15N7O2/c16-13(23)10-21-9-6-14(20-21)19-15(24)18-11-2-4-12(5-3-11)22-8-1-7-17-22/h1-9H,10H2,(H2,16,23)(H2,18,19,20,24). The number of hydrogen-bond donors (Lipinski definition) is 3. The molecule has 0 aliphatic carbocycles. The van der Waals surface area contributed by atoms with Gasteiger partial charge in [-0.05, 0) is 30.3 Å². The summed E-state index contributed by atoms with van der Waals surface area (Å²) in [7, 11) is 0. The molecule has 0 saturated carbocycles. The number of nitrogens with zero attached hydrogens (tertiary/aromatic N) is 4. The van der Waals surface area contributed by atoms with E-state index in [-0.39, 0.29) is 6.54 Å². The summed E-state index contributed by atoms with van der Waals surface area (Å²) in [6.07, 6.45) is 5.08. The maximum Gasteiger partial charge on any atom is 0.324 e. The third-order valence-corrected chi connectivity index (χ3v) is 3.09. The second kappa shape index (κ2) is 6.65. The van der Waals surface area contributed by atoms with Crippen LogP contribution in [0.1, 0.15) is 0 Å². The maximum atomic E-state index is 11.9. The Morgan fingerprint density at radius 1 is 1.08 bits per heavy atom. The molecule has 9 heteroatoms. The Labute approximate surface area is 137 Å². The number of anilines is 2. The fraction of sp³-hybridized carbons (Fsp3) is 0.0667. The molecule has 1 aromatic carbocycles. The Morgan fingerprint density at radius 3 is 2.54 bits per heavy atom. The smallest absolute Gasteiger partial charge is 0.324 e. The van der Waals surface area contributed by atoms with E-state index < -0.39 is 11.9 Å². The van der Waals surface area contributed by atoms with Crippen molar-refractivity contribution in [3.05, 3.63) is 55.0 Å². The lowest BCUT2D eigenvalue weighted by Gasteiger charge is -2.07. The molecule has 0 aliphatic rings. The molecule has 24 heavy (non-hydrogen) atoms. The molecule has 3 rings (SSSR count). The van der Waals surface area contributed by atoms with Crippen LogP contribution < -0.4 is 16.4 Å². The molecule has 0 atom stereocenters. The van der Waals surface area contributed by atoms with Gasteiger partial charge in [0.1, 0.15) is 6.54 Å². The number of amides is 3. The van der Waals surface area contributed by atoms with E-state index in [2.05, 4.69) is 20.8 Å². The number of carbonyl (C=O) groups excluding carboxylic acids is 2. The molecule has 4 N–H and O–H groups in total. The van der Waals surface area contributed by atoms with Gasteiger partial charge in [0.05, 0.1) is 5.69 Å². The number of aromatic nitrogens is 4. The van der Waals surface area contributed by atoms with Gasteiger partial charge in [-0.3, -0.25) is 14.8 Å². The second-order valence-corrected chi connectivity index (χ2v) is 4.94. The number of nitrogens with two attached hydrogens (primary N) is 1.